The van der Waals surface area contributed by atoms with Gasteiger partial charge in [-0.25, -0.2) is 4.98 Å². The summed E-state index contributed by atoms with van der Waals surface area (Å²) in [6.07, 6.45) is 2.64. The summed E-state index contributed by atoms with van der Waals surface area (Å²) in [5, 5.41) is 3.19. The van der Waals surface area contributed by atoms with Gasteiger partial charge in [0.2, 0.25) is 11.8 Å². The van der Waals surface area contributed by atoms with E-state index in [4.69, 9.17) is 15.2 Å². The summed E-state index contributed by atoms with van der Waals surface area (Å²) >= 11 is 3.31. The molecule has 100 valence electrons. The summed E-state index contributed by atoms with van der Waals surface area (Å²) in [4.78, 5) is 8.42. The highest BCUT2D eigenvalue weighted by Gasteiger charge is 2.39. The Balaban J connectivity index is 2.04. The summed E-state index contributed by atoms with van der Waals surface area (Å²) in [7, 11) is 1.56. The largest absolute Gasteiger partial charge is 0.480 e. The van der Waals surface area contributed by atoms with Crippen molar-refractivity contribution in [3.05, 3.63) is 10.7 Å². The minimum absolute atomic E-state index is 0.0517. The molecule has 1 aliphatic rings. The molecule has 3 N–H and O–H groups in total. The van der Waals surface area contributed by atoms with Gasteiger partial charge in [0.1, 0.15) is 0 Å². The number of ether oxygens (including phenoxy) is 2. The maximum atomic E-state index is 5.95. The minimum Gasteiger partial charge on any atom is -0.480 e. The Labute approximate surface area is 114 Å². The van der Waals surface area contributed by atoms with Crippen LogP contribution < -0.4 is 15.8 Å². The van der Waals surface area contributed by atoms with Gasteiger partial charge in [-0.3, -0.25) is 0 Å². The monoisotopic (exact) mass is 316 g/mol. The third-order valence-corrected chi connectivity index (χ3v) is 3.49. The maximum absolute atomic E-state index is 5.95. The number of hydrogen-bond acceptors (Lipinski definition) is 6. The Morgan fingerprint density at radius 3 is 3.00 bits per heavy atom. The fraction of sp³-hybridized carbons (Fsp3) is 0.636. The molecule has 7 heteroatoms. The van der Waals surface area contributed by atoms with E-state index in [0.717, 1.165) is 10.9 Å². The molecule has 0 aliphatic heterocycles. The van der Waals surface area contributed by atoms with Crippen molar-refractivity contribution in [2.45, 2.75) is 31.5 Å². The van der Waals surface area contributed by atoms with Gasteiger partial charge in [0.15, 0.2) is 0 Å². The number of nitrogens with zero attached hydrogens (tertiary/aromatic N) is 2. The van der Waals surface area contributed by atoms with Crippen molar-refractivity contribution in [2.75, 3.05) is 19.0 Å². The molecular weight excluding hydrogens is 300 g/mol. The van der Waals surface area contributed by atoms with Crippen LogP contribution in [0.25, 0.3) is 0 Å². The van der Waals surface area contributed by atoms with Crippen LogP contribution in [0, 0.1) is 0 Å². The number of anilines is 1. The highest BCUT2D eigenvalue weighted by Crippen LogP contribution is 2.27. The van der Waals surface area contributed by atoms with Crippen molar-refractivity contribution in [1.82, 2.24) is 9.97 Å². The van der Waals surface area contributed by atoms with E-state index >= 15 is 0 Å². The molecule has 0 aromatic carbocycles. The van der Waals surface area contributed by atoms with Crippen molar-refractivity contribution in [1.29, 1.82) is 0 Å². The van der Waals surface area contributed by atoms with E-state index in [1.165, 1.54) is 0 Å². The lowest BCUT2D eigenvalue weighted by molar-refractivity contribution is -0.0128. The average Bonchev–Trinajstić information content (AvgIpc) is 2.37. The molecule has 18 heavy (non-hydrogen) atoms. The second-order valence-corrected chi connectivity index (χ2v) is 4.97. The number of hydrogen-bond donors (Lipinski definition) is 2. The summed E-state index contributed by atoms with van der Waals surface area (Å²) in [6.45, 7) is 2.65. The molecule has 3 atom stereocenters. The van der Waals surface area contributed by atoms with E-state index in [-0.39, 0.29) is 18.2 Å². The van der Waals surface area contributed by atoms with Crippen LogP contribution in [-0.2, 0) is 4.74 Å². The second kappa shape index (κ2) is 5.81. The first-order chi connectivity index (χ1) is 8.65. The molecule has 2 rings (SSSR count). The van der Waals surface area contributed by atoms with Gasteiger partial charge < -0.3 is 20.5 Å². The molecule has 0 radical (unpaired) electrons. The van der Waals surface area contributed by atoms with E-state index in [0.29, 0.717) is 18.4 Å². The molecule has 0 bridgehead atoms. The first-order valence-corrected chi connectivity index (χ1v) is 6.65. The molecular formula is C11H17BrN4O2. The van der Waals surface area contributed by atoms with Gasteiger partial charge in [-0.15, -0.1) is 0 Å². The van der Waals surface area contributed by atoms with E-state index in [1.54, 1.807) is 13.3 Å². The predicted octanol–water partition coefficient (Wildman–Crippen LogP) is 1.16. The van der Waals surface area contributed by atoms with Gasteiger partial charge in [-0.1, -0.05) is 0 Å². The van der Waals surface area contributed by atoms with Crippen molar-refractivity contribution >= 4 is 21.9 Å². The number of aromatic nitrogens is 2. The first-order valence-electron chi connectivity index (χ1n) is 5.86. The van der Waals surface area contributed by atoms with Gasteiger partial charge in [0.05, 0.1) is 29.9 Å². The quantitative estimate of drug-likeness (QED) is 0.848. The SMILES string of the molecule is CCOC1CC(N)C1Nc1ncc(Br)c(OC)n1. The van der Waals surface area contributed by atoms with Crippen molar-refractivity contribution in [2.24, 2.45) is 5.73 Å². The van der Waals surface area contributed by atoms with Gasteiger partial charge in [0.25, 0.3) is 0 Å². The third kappa shape index (κ3) is 2.73. The fourth-order valence-corrected chi connectivity index (χ4v) is 2.29. The van der Waals surface area contributed by atoms with Crippen LogP contribution in [-0.4, -0.2) is 41.9 Å². The fourth-order valence-electron chi connectivity index (χ4n) is 1.94. The van der Waals surface area contributed by atoms with Gasteiger partial charge >= 0.3 is 0 Å². The zero-order valence-electron chi connectivity index (χ0n) is 10.4. The van der Waals surface area contributed by atoms with Gasteiger partial charge in [-0.2, -0.15) is 4.98 Å². The molecule has 1 aliphatic carbocycles. The Kier molecular flexibility index (Phi) is 4.36. The molecule has 0 spiro atoms. The molecule has 1 saturated carbocycles. The van der Waals surface area contributed by atoms with Crippen molar-refractivity contribution in [3.8, 4) is 5.88 Å². The molecule has 3 unspecified atom stereocenters. The number of nitrogens with two attached hydrogens (primary N) is 1. The van der Waals surface area contributed by atoms with Crippen LogP contribution in [0.4, 0.5) is 5.95 Å². The maximum Gasteiger partial charge on any atom is 0.232 e. The second-order valence-electron chi connectivity index (χ2n) is 4.11. The first kappa shape index (κ1) is 13.5. The standard InChI is InChI=1S/C11H17BrN4O2/c1-3-18-8-4-7(13)9(8)15-11-14-5-6(12)10(16-11)17-2/h5,7-9H,3-4,13H2,1-2H3,(H,14,15,16). The minimum atomic E-state index is 0.0517. The molecule has 1 fully saturated rings. The average molecular weight is 317 g/mol. The number of halogens is 1. The Morgan fingerprint density at radius 2 is 2.39 bits per heavy atom. The van der Waals surface area contributed by atoms with Crippen LogP contribution in [0.15, 0.2) is 10.7 Å². The van der Waals surface area contributed by atoms with Crippen LogP contribution in [0.1, 0.15) is 13.3 Å². The lowest BCUT2D eigenvalue weighted by atomic mass is 9.83. The van der Waals surface area contributed by atoms with Crippen LogP contribution in [0.3, 0.4) is 0 Å². The van der Waals surface area contributed by atoms with Crippen LogP contribution in [0.5, 0.6) is 5.88 Å². The summed E-state index contributed by atoms with van der Waals surface area (Å²) in [5.74, 6) is 0.994. The van der Waals surface area contributed by atoms with E-state index in [1.807, 2.05) is 6.92 Å². The smallest absolute Gasteiger partial charge is 0.232 e. The van der Waals surface area contributed by atoms with E-state index < -0.39 is 0 Å². The summed E-state index contributed by atoms with van der Waals surface area (Å²) < 4.78 is 11.4. The van der Waals surface area contributed by atoms with Gasteiger partial charge in [0, 0.05) is 12.6 Å². The summed E-state index contributed by atoms with van der Waals surface area (Å²) in [6, 6.07) is 0.121. The van der Waals surface area contributed by atoms with Crippen molar-refractivity contribution in [3.63, 3.8) is 0 Å². The Morgan fingerprint density at radius 1 is 1.61 bits per heavy atom. The molecule has 0 amide bonds. The zero-order chi connectivity index (χ0) is 13.1. The topological polar surface area (TPSA) is 82.3 Å². The highest BCUT2D eigenvalue weighted by atomic mass is 79.9. The zero-order valence-corrected chi connectivity index (χ0v) is 12.0. The predicted molar refractivity (Wildman–Crippen MR) is 71.7 cm³/mol. The highest BCUT2D eigenvalue weighted by molar-refractivity contribution is 9.10. The van der Waals surface area contributed by atoms with Crippen LogP contribution in [0.2, 0.25) is 0 Å². The summed E-state index contributed by atoms with van der Waals surface area (Å²) in [5.41, 5.74) is 5.95. The lowest BCUT2D eigenvalue weighted by Gasteiger charge is -2.42. The number of rotatable bonds is 5. The number of methoxy groups -OCH3 is 1. The molecule has 1 heterocycles. The number of nitrogens with one attached hydrogen (secondary N) is 1. The Hall–Kier alpha value is -0.920. The van der Waals surface area contributed by atoms with E-state index in [2.05, 4.69) is 31.2 Å². The third-order valence-electron chi connectivity index (χ3n) is 2.95. The normalized spacial score (nSPS) is 26.6. The van der Waals surface area contributed by atoms with Crippen molar-refractivity contribution < 1.29 is 9.47 Å². The lowest BCUT2D eigenvalue weighted by Crippen LogP contribution is -2.60. The van der Waals surface area contributed by atoms with Gasteiger partial charge in [-0.05, 0) is 29.3 Å². The molecule has 0 saturated heterocycles. The molecule has 6 nitrogen and oxygen atoms in total. The molecule has 1 aromatic heterocycles. The van der Waals surface area contributed by atoms with E-state index in [9.17, 15) is 0 Å². The molecule has 1 aromatic rings. The Bertz CT molecular complexity index is 416. The van der Waals surface area contributed by atoms with Crippen LogP contribution >= 0.6 is 15.9 Å².